The van der Waals surface area contributed by atoms with Crippen LogP contribution in [0.25, 0.3) is 0 Å². The quantitative estimate of drug-likeness (QED) is 0.0372. The molecule has 46 heavy (non-hydrogen) atoms. The van der Waals surface area contributed by atoms with Crippen molar-refractivity contribution in [3.8, 4) is 0 Å². The van der Waals surface area contributed by atoms with E-state index in [9.17, 15) is 0 Å². The second-order valence-electron chi connectivity index (χ2n) is 12.1. The lowest BCUT2D eigenvalue weighted by atomic mass is 10.5. The first kappa shape index (κ1) is 45.0. The van der Waals surface area contributed by atoms with E-state index in [2.05, 4.69) is 48.1 Å². The Bertz CT molecular complexity index is 677. The van der Waals surface area contributed by atoms with Crippen LogP contribution in [-0.4, -0.2) is 107 Å². The standard InChI is InChI=1S/C12H26O2Si.3C6H10O2.C6H16Si/c1-4-15(5-2,6-3)9-7-8-13-10-12-11-14-12;3*1-2-3-7-4-6-5-8-6;1-4-7(5-2)6-3/h12H,4-11H2,1-3H3;2*2-3,6H,4-5H2,1H3;2,6H,1,3-5H2;7H,4-6H2,1-3H3/b;3-2+;3-2-;;. The van der Waals surface area contributed by atoms with Crippen molar-refractivity contribution in [2.75, 3.05) is 66.1 Å². The van der Waals surface area contributed by atoms with Gasteiger partial charge in [-0.3, -0.25) is 0 Å². The van der Waals surface area contributed by atoms with E-state index >= 15 is 0 Å². The molecule has 0 saturated carbocycles. The van der Waals surface area contributed by atoms with Crippen LogP contribution in [0.3, 0.4) is 0 Å². The summed E-state index contributed by atoms with van der Waals surface area (Å²) in [4.78, 5) is 0. The second-order valence-corrected chi connectivity index (χ2v) is 21.9. The van der Waals surface area contributed by atoms with Crippen LogP contribution in [-0.2, 0) is 37.9 Å². The second kappa shape index (κ2) is 31.3. The summed E-state index contributed by atoms with van der Waals surface area (Å²) < 4.78 is 40.4. The lowest BCUT2D eigenvalue weighted by molar-refractivity contribution is 0.117. The van der Waals surface area contributed by atoms with Crippen LogP contribution in [0.15, 0.2) is 37.3 Å². The van der Waals surface area contributed by atoms with Crippen molar-refractivity contribution < 1.29 is 37.9 Å². The van der Waals surface area contributed by atoms with Gasteiger partial charge in [0.05, 0.1) is 66.8 Å². The molecule has 0 aliphatic carbocycles. The van der Waals surface area contributed by atoms with Gasteiger partial charge in [0.2, 0.25) is 0 Å². The third kappa shape index (κ3) is 30.4. The Morgan fingerprint density at radius 3 is 1.35 bits per heavy atom. The van der Waals surface area contributed by atoms with Crippen LogP contribution in [0, 0.1) is 0 Å². The average Bonchev–Trinajstić information content (AvgIpc) is 3.88. The lowest BCUT2D eigenvalue weighted by Gasteiger charge is -2.27. The van der Waals surface area contributed by atoms with Crippen molar-refractivity contribution in [2.24, 2.45) is 0 Å². The summed E-state index contributed by atoms with van der Waals surface area (Å²) >= 11 is 0. The van der Waals surface area contributed by atoms with E-state index in [0.717, 1.165) is 46.2 Å². The van der Waals surface area contributed by atoms with Gasteiger partial charge in [-0.05, 0) is 20.3 Å². The smallest absolute Gasteiger partial charge is 0.116 e. The van der Waals surface area contributed by atoms with Crippen LogP contribution >= 0.6 is 0 Å². The lowest BCUT2D eigenvalue weighted by Crippen LogP contribution is -2.31. The predicted octanol–water partition coefficient (Wildman–Crippen LogP) is 8.03. The van der Waals surface area contributed by atoms with Crippen LogP contribution in [0.4, 0.5) is 0 Å². The first-order valence-corrected chi connectivity index (χ1v) is 23.4. The van der Waals surface area contributed by atoms with E-state index in [1.165, 1.54) is 48.7 Å². The Hall–Kier alpha value is -0.986. The van der Waals surface area contributed by atoms with E-state index in [1.54, 1.807) is 18.6 Å². The first-order valence-electron chi connectivity index (χ1n) is 18.1. The third-order valence-electron chi connectivity index (χ3n) is 8.46. The van der Waals surface area contributed by atoms with Gasteiger partial charge in [0.1, 0.15) is 37.6 Å². The Morgan fingerprint density at radius 2 is 1.04 bits per heavy atom. The van der Waals surface area contributed by atoms with E-state index in [1.807, 2.05) is 26.0 Å². The zero-order chi connectivity index (χ0) is 34.3. The average molecular weight is 689 g/mol. The fourth-order valence-corrected chi connectivity index (χ4v) is 9.56. The molecule has 4 heterocycles. The van der Waals surface area contributed by atoms with Crippen LogP contribution < -0.4 is 0 Å². The highest BCUT2D eigenvalue weighted by molar-refractivity contribution is 6.79. The summed E-state index contributed by atoms with van der Waals surface area (Å²) in [6, 6.07) is 10.2. The van der Waals surface area contributed by atoms with Crippen molar-refractivity contribution in [1.29, 1.82) is 0 Å². The first-order chi connectivity index (χ1) is 22.4. The third-order valence-corrected chi connectivity index (χ3v) is 17.8. The van der Waals surface area contributed by atoms with Crippen molar-refractivity contribution in [2.45, 2.75) is 129 Å². The molecule has 4 fully saturated rings. The molecular formula is C36H72O8Si2. The molecule has 4 saturated heterocycles. The number of hydrogen-bond donors (Lipinski definition) is 0. The zero-order valence-corrected chi connectivity index (χ0v) is 33.1. The minimum Gasteiger partial charge on any atom is -0.499 e. The molecule has 4 aliphatic rings. The molecule has 0 aromatic rings. The van der Waals surface area contributed by atoms with Gasteiger partial charge in [-0.2, -0.15) is 0 Å². The molecule has 4 unspecified atom stereocenters. The van der Waals surface area contributed by atoms with Gasteiger partial charge in [-0.15, -0.1) is 6.58 Å². The number of epoxide rings is 4. The van der Waals surface area contributed by atoms with E-state index in [-0.39, 0.29) is 8.80 Å². The van der Waals surface area contributed by atoms with E-state index < -0.39 is 8.07 Å². The van der Waals surface area contributed by atoms with Gasteiger partial charge >= 0.3 is 0 Å². The maximum atomic E-state index is 5.58. The van der Waals surface area contributed by atoms with E-state index in [4.69, 9.17) is 37.9 Å². The predicted molar refractivity (Wildman–Crippen MR) is 198 cm³/mol. The van der Waals surface area contributed by atoms with Crippen molar-refractivity contribution >= 4 is 16.9 Å². The maximum absolute atomic E-state index is 5.58. The molecule has 0 bridgehead atoms. The minimum absolute atomic E-state index is 0.171. The van der Waals surface area contributed by atoms with Crippen molar-refractivity contribution in [1.82, 2.24) is 0 Å². The molecule has 4 rings (SSSR count). The number of hydrogen-bond acceptors (Lipinski definition) is 8. The Kier molecular flexibility index (Phi) is 30.6. The molecule has 8 nitrogen and oxygen atoms in total. The fraction of sp³-hybridized carbons (Fsp3) is 0.833. The zero-order valence-electron chi connectivity index (χ0n) is 31.0. The van der Waals surface area contributed by atoms with Gasteiger partial charge in [-0.1, -0.05) is 102 Å². The van der Waals surface area contributed by atoms with Crippen molar-refractivity contribution in [3.63, 3.8) is 0 Å². The summed E-state index contributed by atoms with van der Waals surface area (Å²) in [6.07, 6.45) is 11.7. The highest BCUT2D eigenvalue weighted by Gasteiger charge is 2.26. The van der Waals surface area contributed by atoms with Crippen molar-refractivity contribution in [3.05, 3.63) is 37.3 Å². The van der Waals surface area contributed by atoms with Gasteiger partial charge in [-0.25, -0.2) is 0 Å². The molecule has 10 heteroatoms. The summed E-state index contributed by atoms with van der Waals surface area (Å²) in [5, 5.41) is 0. The number of ether oxygens (including phenoxy) is 8. The summed E-state index contributed by atoms with van der Waals surface area (Å²) in [7, 11) is -1.06. The molecular weight excluding hydrogens is 617 g/mol. The topological polar surface area (TPSA) is 87.0 Å². The maximum Gasteiger partial charge on any atom is 0.116 e. The summed E-state index contributed by atoms with van der Waals surface area (Å²) in [5.74, 6) is 0. The molecule has 0 aromatic carbocycles. The van der Waals surface area contributed by atoms with Crippen LogP contribution in [0.2, 0.25) is 42.3 Å². The largest absolute Gasteiger partial charge is 0.499 e. The molecule has 0 spiro atoms. The number of rotatable bonds is 22. The Morgan fingerprint density at radius 1 is 0.652 bits per heavy atom. The molecule has 0 radical (unpaired) electrons. The highest BCUT2D eigenvalue weighted by atomic mass is 28.3. The molecule has 0 amide bonds. The Labute approximate surface area is 286 Å². The summed E-state index contributed by atoms with van der Waals surface area (Å²) in [6.45, 7) is 29.5. The summed E-state index contributed by atoms with van der Waals surface area (Å²) in [5.41, 5.74) is 0. The highest BCUT2D eigenvalue weighted by Crippen LogP contribution is 2.26. The van der Waals surface area contributed by atoms with Crippen LogP contribution in [0.1, 0.15) is 61.8 Å². The van der Waals surface area contributed by atoms with Gasteiger partial charge in [0.15, 0.2) is 0 Å². The molecule has 272 valence electrons. The minimum atomic E-state index is -0.890. The van der Waals surface area contributed by atoms with Gasteiger partial charge < -0.3 is 37.9 Å². The molecule has 4 aliphatic heterocycles. The molecule has 4 atom stereocenters. The fourth-order valence-electron chi connectivity index (χ4n) is 4.37. The molecule has 0 aromatic heterocycles. The van der Waals surface area contributed by atoms with Gasteiger partial charge in [0, 0.05) is 15.4 Å². The SMILES string of the molecule is C/C=C/OCC1CO1.C/C=C\OCC1CO1.C=CCOCC1CO1.CC[SiH](CC)CC.CC[Si](CC)(CC)CCCOCC1CO1. The Balaban J connectivity index is 0.000000571. The normalized spacial score (nSPS) is 21.8. The monoisotopic (exact) mass is 688 g/mol. The molecule has 0 N–H and O–H groups in total. The number of allylic oxidation sites excluding steroid dienone is 2. The van der Waals surface area contributed by atoms with E-state index in [0.29, 0.717) is 44.2 Å². The van der Waals surface area contributed by atoms with Crippen LogP contribution in [0.5, 0.6) is 0 Å². The van der Waals surface area contributed by atoms with Gasteiger partial charge in [0.25, 0.3) is 0 Å².